The molecule has 0 unspecified atom stereocenters. The fourth-order valence-electron chi connectivity index (χ4n) is 0.764. The van der Waals surface area contributed by atoms with Crippen LogP contribution in [-0.4, -0.2) is 43.2 Å². The van der Waals surface area contributed by atoms with Crippen LogP contribution in [0, 0.1) is 0 Å². The average molecular weight is 307 g/mol. The van der Waals surface area contributed by atoms with E-state index < -0.39 is 46.8 Å². The molecule has 0 aliphatic carbocycles. The molecule has 1 N–H and O–H groups in total. The minimum Gasteiger partial charge on any atom is -0.748 e. The van der Waals surface area contributed by atoms with E-state index in [9.17, 15) is 32.8 Å². The number of nitrogens with one attached hydrogen (secondary N) is 1. The van der Waals surface area contributed by atoms with Gasteiger partial charge in [0.2, 0.25) is 0 Å². The third-order valence-electron chi connectivity index (χ3n) is 1.40. The fourth-order valence-corrected chi connectivity index (χ4v) is 1.13. The summed E-state index contributed by atoms with van der Waals surface area (Å²) >= 11 is 0. The maximum absolute atomic E-state index is 10.3. The maximum atomic E-state index is 10.3. The van der Waals surface area contributed by atoms with Gasteiger partial charge in [-0.3, -0.25) is 0 Å². The van der Waals surface area contributed by atoms with Gasteiger partial charge in [-0.15, -0.1) is 0 Å². The average Bonchev–Trinajstić information content (AvgIpc) is 1.99. The SMILES string of the molecule is O=C([O-])C[C@H](NCCS(=O)(=O)[O-])C(=O)[O-].[Na+].[Na+].[Na+]. The number of rotatable bonds is 7. The molecule has 0 aromatic heterocycles. The van der Waals surface area contributed by atoms with E-state index in [4.69, 9.17) is 0 Å². The number of aliphatic carboxylic acids is 2. The number of carboxylic acids is 2. The van der Waals surface area contributed by atoms with Crippen LogP contribution in [0.25, 0.3) is 0 Å². The van der Waals surface area contributed by atoms with Gasteiger partial charge in [-0.25, -0.2) is 8.42 Å². The summed E-state index contributed by atoms with van der Waals surface area (Å²) in [6, 6.07) is -1.57. The van der Waals surface area contributed by atoms with E-state index in [0.717, 1.165) is 0 Å². The van der Waals surface area contributed by atoms with E-state index in [1.54, 1.807) is 0 Å². The van der Waals surface area contributed by atoms with Gasteiger partial charge >= 0.3 is 88.7 Å². The van der Waals surface area contributed by atoms with Crippen LogP contribution in [0.15, 0.2) is 0 Å². The Morgan fingerprint density at radius 2 is 1.56 bits per heavy atom. The molecule has 12 heteroatoms. The van der Waals surface area contributed by atoms with Crippen molar-refractivity contribution in [2.24, 2.45) is 0 Å². The van der Waals surface area contributed by atoms with Crippen molar-refractivity contribution in [1.29, 1.82) is 0 Å². The van der Waals surface area contributed by atoms with Crippen molar-refractivity contribution in [2.75, 3.05) is 12.3 Å². The summed E-state index contributed by atoms with van der Waals surface area (Å²) < 4.78 is 30.4. The topological polar surface area (TPSA) is 149 Å². The third kappa shape index (κ3) is 17.8. The minimum atomic E-state index is -4.46. The zero-order valence-corrected chi connectivity index (χ0v) is 17.3. The van der Waals surface area contributed by atoms with Gasteiger partial charge in [0.15, 0.2) is 0 Å². The normalized spacial score (nSPS) is 11.2. The van der Waals surface area contributed by atoms with E-state index in [1.165, 1.54) is 0 Å². The monoisotopic (exact) mass is 307 g/mol. The zero-order valence-electron chi connectivity index (χ0n) is 10.5. The Morgan fingerprint density at radius 1 is 1.11 bits per heavy atom. The van der Waals surface area contributed by atoms with E-state index in [2.05, 4.69) is 0 Å². The van der Waals surface area contributed by atoms with Gasteiger partial charge in [0.1, 0.15) is 0 Å². The van der Waals surface area contributed by atoms with Crippen molar-refractivity contribution in [3.05, 3.63) is 0 Å². The van der Waals surface area contributed by atoms with E-state index >= 15 is 0 Å². The number of carboxylic acid groups (broad SMARTS) is 2. The van der Waals surface area contributed by atoms with Gasteiger partial charge in [-0.05, 0) is 0 Å². The number of hydrogen-bond acceptors (Lipinski definition) is 8. The molecule has 0 rings (SSSR count). The van der Waals surface area contributed by atoms with Gasteiger partial charge in [-0.2, -0.15) is 0 Å². The predicted octanol–water partition coefficient (Wildman–Crippen LogP) is -13.6. The molecule has 8 nitrogen and oxygen atoms in total. The van der Waals surface area contributed by atoms with Gasteiger partial charge in [0, 0.05) is 18.9 Å². The van der Waals surface area contributed by atoms with Gasteiger partial charge in [0.25, 0.3) is 0 Å². The Labute approximate surface area is 171 Å². The van der Waals surface area contributed by atoms with Crippen LogP contribution in [0.3, 0.4) is 0 Å². The van der Waals surface area contributed by atoms with Crippen molar-refractivity contribution in [3.63, 3.8) is 0 Å². The second-order valence-electron chi connectivity index (χ2n) is 2.66. The summed E-state index contributed by atoms with van der Waals surface area (Å²) in [5, 5.41) is 22.4. The van der Waals surface area contributed by atoms with Crippen LogP contribution in [-0.2, 0) is 19.7 Å². The van der Waals surface area contributed by atoms with Gasteiger partial charge < -0.3 is 29.7 Å². The van der Waals surface area contributed by atoms with E-state index in [1.807, 2.05) is 5.32 Å². The molecule has 0 aliphatic heterocycles. The molecule has 0 amide bonds. The van der Waals surface area contributed by atoms with Crippen LogP contribution in [0.4, 0.5) is 0 Å². The Morgan fingerprint density at radius 3 is 1.83 bits per heavy atom. The molecule has 88 valence electrons. The summed E-state index contributed by atoms with van der Waals surface area (Å²) in [7, 11) is -4.46. The molecule has 0 saturated carbocycles. The van der Waals surface area contributed by atoms with Crippen LogP contribution >= 0.6 is 0 Å². The summed E-state index contributed by atoms with van der Waals surface area (Å²) in [4.78, 5) is 20.4. The molecular formula is C6H8NNa3O7S. The fraction of sp³-hybridized carbons (Fsp3) is 0.667. The molecule has 0 spiro atoms. The molecule has 1 atom stereocenters. The molecule has 18 heavy (non-hydrogen) atoms. The summed E-state index contributed by atoms with van der Waals surface area (Å²) in [5.41, 5.74) is 0. The molecule has 0 heterocycles. The van der Waals surface area contributed by atoms with Crippen molar-refractivity contribution in [3.8, 4) is 0 Å². The summed E-state index contributed by atoms with van der Waals surface area (Å²) in [6.45, 7) is -0.461. The van der Waals surface area contributed by atoms with Gasteiger partial charge in [-0.1, -0.05) is 0 Å². The number of carbonyl (C=O) groups is 2. The molecule has 0 bridgehead atoms. The van der Waals surface area contributed by atoms with Crippen LogP contribution in [0.2, 0.25) is 0 Å². The molecule has 0 aromatic carbocycles. The maximum Gasteiger partial charge on any atom is 1.00 e. The quantitative estimate of drug-likeness (QED) is 0.360. The first-order valence-electron chi connectivity index (χ1n) is 3.80. The summed E-state index contributed by atoms with van der Waals surface area (Å²) in [5.74, 6) is -4.16. The molecule has 0 saturated heterocycles. The largest absolute Gasteiger partial charge is 1.00 e. The van der Waals surface area contributed by atoms with E-state index in [0.29, 0.717) is 0 Å². The number of carbonyl (C=O) groups excluding carboxylic acids is 2. The molecular weight excluding hydrogens is 299 g/mol. The minimum absolute atomic E-state index is 0. The van der Waals surface area contributed by atoms with Crippen LogP contribution in [0.1, 0.15) is 6.42 Å². The van der Waals surface area contributed by atoms with Crippen LogP contribution in [0.5, 0.6) is 0 Å². The van der Waals surface area contributed by atoms with Crippen molar-refractivity contribution >= 4 is 22.1 Å². The molecule has 0 aliphatic rings. The number of hydrogen-bond donors (Lipinski definition) is 1. The van der Waals surface area contributed by atoms with Crippen molar-refractivity contribution in [1.82, 2.24) is 5.32 Å². The third-order valence-corrected chi connectivity index (χ3v) is 2.10. The Bertz CT molecular complexity index is 347. The first-order chi connectivity index (χ1) is 6.72. The van der Waals surface area contributed by atoms with Crippen molar-refractivity contribution in [2.45, 2.75) is 12.5 Å². The Balaban J connectivity index is -0.000000327. The first kappa shape index (κ1) is 28.0. The van der Waals surface area contributed by atoms with Crippen molar-refractivity contribution < 1.29 is 121 Å². The van der Waals surface area contributed by atoms with Gasteiger partial charge in [0.05, 0.1) is 27.9 Å². The molecule has 0 radical (unpaired) electrons. The van der Waals surface area contributed by atoms with Crippen LogP contribution < -0.4 is 104 Å². The second kappa shape index (κ2) is 13.8. The molecule has 0 aromatic rings. The smallest absolute Gasteiger partial charge is 0.748 e. The standard InChI is InChI=1S/C6H11NO7S.3Na/c8-5(9)3-4(6(10)11)7-1-2-15(12,13)14;;;/h4,7H,1-3H2,(H,8,9)(H,10,11)(H,12,13,14);;;/q;3*+1/p-3/t4-;;;/m0.../s1. The predicted molar refractivity (Wildman–Crippen MR) is 41.0 cm³/mol. The second-order valence-corrected chi connectivity index (χ2v) is 4.19. The Hall–Kier alpha value is 1.81. The first-order valence-corrected chi connectivity index (χ1v) is 5.38. The zero-order chi connectivity index (χ0) is 12.1. The summed E-state index contributed by atoms with van der Waals surface area (Å²) in [6.07, 6.45) is -0.860. The Kier molecular flexibility index (Phi) is 21.5. The molecule has 0 fully saturated rings. The van der Waals surface area contributed by atoms with E-state index in [-0.39, 0.29) is 88.7 Å².